The standard InChI is InChI=1S/C7H19NSi/c1-6-8(9-5)7(2,3)4/h6,9H2,1-5H3. The first kappa shape index (κ1) is 9.18. The van der Waals surface area contributed by atoms with Gasteiger partial charge in [-0.3, -0.25) is 0 Å². The lowest BCUT2D eigenvalue weighted by Gasteiger charge is -2.33. The van der Waals surface area contributed by atoms with Crippen LogP contribution in [0.3, 0.4) is 0 Å². The predicted octanol–water partition coefficient (Wildman–Crippen LogP) is 1.24. The molecule has 0 saturated heterocycles. The van der Waals surface area contributed by atoms with Gasteiger partial charge in [-0.15, -0.1) is 0 Å². The highest BCUT2D eigenvalue weighted by Crippen LogP contribution is 2.09. The van der Waals surface area contributed by atoms with Crippen LogP contribution in [0.15, 0.2) is 0 Å². The Kier molecular flexibility index (Phi) is 3.44. The third-order valence-electron chi connectivity index (χ3n) is 1.71. The Morgan fingerprint density at radius 1 is 1.33 bits per heavy atom. The minimum absolute atomic E-state index is 0.0571. The molecular formula is C7H19NSi. The van der Waals surface area contributed by atoms with Crippen molar-refractivity contribution in [3.8, 4) is 0 Å². The molecule has 0 spiro atoms. The van der Waals surface area contributed by atoms with Crippen LogP contribution in [0.4, 0.5) is 0 Å². The quantitative estimate of drug-likeness (QED) is 0.528. The molecule has 0 atom stereocenters. The lowest BCUT2D eigenvalue weighted by Crippen LogP contribution is -2.42. The lowest BCUT2D eigenvalue weighted by molar-refractivity contribution is 0.266. The van der Waals surface area contributed by atoms with E-state index in [2.05, 4.69) is 38.8 Å². The van der Waals surface area contributed by atoms with Gasteiger partial charge in [0.2, 0.25) is 0 Å². The molecule has 2 heteroatoms. The highest BCUT2D eigenvalue weighted by molar-refractivity contribution is 6.30. The normalized spacial score (nSPS) is 14.0. The second-order valence-electron chi connectivity index (χ2n) is 3.34. The molecule has 0 aromatic rings. The van der Waals surface area contributed by atoms with Gasteiger partial charge in [-0.05, 0) is 27.3 Å². The van der Waals surface area contributed by atoms with Gasteiger partial charge in [0, 0.05) is 5.54 Å². The monoisotopic (exact) mass is 145 g/mol. The van der Waals surface area contributed by atoms with Crippen LogP contribution in [0.5, 0.6) is 0 Å². The van der Waals surface area contributed by atoms with Crippen molar-refractivity contribution in [2.24, 2.45) is 0 Å². The first-order valence-electron chi connectivity index (χ1n) is 3.77. The summed E-state index contributed by atoms with van der Waals surface area (Å²) in [6.45, 7) is 12.6. The Morgan fingerprint density at radius 2 is 1.78 bits per heavy atom. The number of nitrogens with zero attached hydrogens (tertiary/aromatic N) is 1. The Hall–Kier alpha value is 0.177. The summed E-state index contributed by atoms with van der Waals surface area (Å²) in [6, 6.07) is 0. The van der Waals surface area contributed by atoms with E-state index >= 15 is 0 Å². The summed E-state index contributed by atoms with van der Waals surface area (Å²) >= 11 is 0. The molecule has 0 N–H and O–H groups in total. The maximum Gasteiger partial charge on any atom is 0.0926 e. The third kappa shape index (κ3) is 3.01. The second-order valence-corrected chi connectivity index (χ2v) is 4.74. The fourth-order valence-corrected chi connectivity index (χ4v) is 2.57. The molecule has 0 amide bonds. The molecule has 0 bridgehead atoms. The lowest BCUT2D eigenvalue weighted by atomic mass is 10.1. The Bertz CT molecular complexity index is 71.5. The fraction of sp³-hybridized carbons (Fsp3) is 1.00. The molecule has 0 aliphatic carbocycles. The van der Waals surface area contributed by atoms with Crippen LogP contribution in [0.25, 0.3) is 0 Å². The van der Waals surface area contributed by atoms with Gasteiger partial charge in [0.05, 0.1) is 9.68 Å². The summed E-state index contributed by atoms with van der Waals surface area (Å²) in [7, 11) is 0.0571. The van der Waals surface area contributed by atoms with E-state index in [1.54, 1.807) is 0 Å². The zero-order valence-electron chi connectivity index (χ0n) is 7.36. The number of hydrogen-bond acceptors (Lipinski definition) is 1. The van der Waals surface area contributed by atoms with Gasteiger partial charge < -0.3 is 4.57 Å². The molecule has 0 radical (unpaired) electrons. The molecule has 0 aromatic carbocycles. The molecule has 0 rings (SSSR count). The smallest absolute Gasteiger partial charge is 0.0926 e. The summed E-state index contributed by atoms with van der Waals surface area (Å²) in [4.78, 5) is 0. The van der Waals surface area contributed by atoms with Gasteiger partial charge in [0.1, 0.15) is 0 Å². The molecule has 0 unspecified atom stereocenters. The summed E-state index contributed by atoms with van der Waals surface area (Å²) in [5.74, 6) is 0. The van der Waals surface area contributed by atoms with E-state index in [0.29, 0.717) is 5.54 Å². The van der Waals surface area contributed by atoms with Crippen LogP contribution in [0, 0.1) is 0 Å². The number of hydrogen-bond donors (Lipinski definition) is 0. The van der Waals surface area contributed by atoms with Crippen molar-refractivity contribution in [1.82, 2.24) is 4.57 Å². The molecular weight excluding hydrogens is 126 g/mol. The second kappa shape index (κ2) is 3.37. The molecule has 0 aliphatic heterocycles. The van der Waals surface area contributed by atoms with Gasteiger partial charge >= 0.3 is 0 Å². The van der Waals surface area contributed by atoms with Crippen LogP contribution in [-0.4, -0.2) is 26.3 Å². The topological polar surface area (TPSA) is 3.24 Å². The van der Waals surface area contributed by atoms with Crippen LogP contribution in [-0.2, 0) is 0 Å². The van der Waals surface area contributed by atoms with Crippen molar-refractivity contribution in [2.75, 3.05) is 6.54 Å². The predicted molar refractivity (Wildman–Crippen MR) is 46.5 cm³/mol. The zero-order valence-corrected chi connectivity index (χ0v) is 8.78. The van der Waals surface area contributed by atoms with Crippen molar-refractivity contribution < 1.29 is 0 Å². The highest BCUT2D eigenvalue weighted by atomic mass is 28.2. The molecule has 0 fully saturated rings. The first-order valence-corrected chi connectivity index (χ1v) is 5.82. The van der Waals surface area contributed by atoms with Gasteiger partial charge in [-0.25, -0.2) is 0 Å². The van der Waals surface area contributed by atoms with E-state index in [-0.39, 0.29) is 9.68 Å². The highest BCUT2D eigenvalue weighted by Gasteiger charge is 2.16. The van der Waals surface area contributed by atoms with Crippen molar-refractivity contribution in [1.29, 1.82) is 0 Å². The Morgan fingerprint density at radius 3 is 1.78 bits per heavy atom. The molecule has 0 saturated carbocycles. The van der Waals surface area contributed by atoms with Crippen molar-refractivity contribution in [2.45, 2.75) is 39.8 Å². The van der Waals surface area contributed by atoms with Crippen molar-refractivity contribution >= 4 is 9.68 Å². The average Bonchev–Trinajstić information content (AvgIpc) is 1.65. The van der Waals surface area contributed by atoms with Gasteiger partial charge in [0.25, 0.3) is 0 Å². The molecule has 0 aliphatic rings. The Balaban J connectivity index is 3.79. The summed E-state index contributed by atoms with van der Waals surface area (Å²) < 4.78 is 2.58. The SMILES string of the molecule is CCN([SiH2]C)C(C)(C)C. The minimum Gasteiger partial charge on any atom is -0.325 e. The molecule has 1 nitrogen and oxygen atoms in total. The zero-order chi connectivity index (χ0) is 7.49. The van der Waals surface area contributed by atoms with Crippen LogP contribution in [0.2, 0.25) is 6.55 Å². The minimum atomic E-state index is 0.0571. The van der Waals surface area contributed by atoms with E-state index in [0.717, 1.165) is 0 Å². The largest absolute Gasteiger partial charge is 0.325 e. The molecule has 0 heterocycles. The Labute approximate surface area is 61.3 Å². The van der Waals surface area contributed by atoms with E-state index < -0.39 is 0 Å². The van der Waals surface area contributed by atoms with Gasteiger partial charge in [-0.1, -0.05) is 13.5 Å². The maximum atomic E-state index is 2.58. The van der Waals surface area contributed by atoms with Crippen molar-refractivity contribution in [3.63, 3.8) is 0 Å². The maximum absolute atomic E-state index is 2.58. The molecule has 9 heavy (non-hydrogen) atoms. The van der Waals surface area contributed by atoms with E-state index in [1.165, 1.54) is 6.54 Å². The van der Waals surface area contributed by atoms with E-state index in [9.17, 15) is 0 Å². The number of rotatable bonds is 2. The first-order chi connectivity index (χ1) is 4.02. The van der Waals surface area contributed by atoms with Crippen LogP contribution in [0.1, 0.15) is 27.7 Å². The van der Waals surface area contributed by atoms with Crippen molar-refractivity contribution in [3.05, 3.63) is 0 Å². The van der Waals surface area contributed by atoms with E-state index in [1.807, 2.05) is 0 Å². The van der Waals surface area contributed by atoms with E-state index in [4.69, 9.17) is 0 Å². The summed E-state index contributed by atoms with van der Waals surface area (Å²) in [6.07, 6.45) is 0. The van der Waals surface area contributed by atoms with Gasteiger partial charge in [0.15, 0.2) is 0 Å². The summed E-state index contributed by atoms with van der Waals surface area (Å²) in [5, 5.41) is 0. The summed E-state index contributed by atoms with van der Waals surface area (Å²) in [5.41, 5.74) is 0.412. The fourth-order valence-electron chi connectivity index (χ4n) is 1.17. The third-order valence-corrected chi connectivity index (χ3v) is 3.87. The van der Waals surface area contributed by atoms with Crippen LogP contribution < -0.4 is 0 Å². The molecule has 56 valence electrons. The molecule has 0 aromatic heterocycles. The average molecular weight is 145 g/mol. The van der Waals surface area contributed by atoms with Gasteiger partial charge in [-0.2, -0.15) is 0 Å². The van der Waals surface area contributed by atoms with Crippen LogP contribution >= 0.6 is 0 Å².